The minimum absolute atomic E-state index is 0.127. The number of hydrogen-bond acceptors (Lipinski definition) is 6. The number of nitrogens with two attached hydrogens (primary N) is 1. The third kappa shape index (κ3) is 3.25. The van der Waals surface area contributed by atoms with Crippen molar-refractivity contribution < 1.29 is 4.79 Å². The summed E-state index contributed by atoms with van der Waals surface area (Å²) in [5.41, 5.74) is 6.50. The topological polar surface area (TPSA) is 101 Å². The lowest BCUT2D eigenvalue weighted by Crippen LogP contribution is -2.23. The van der Waals surface area contributed by atoms with Crippen LogP contribution in [-0.4, -0.2) is 22.4 Å². The third-order valence-electron chi connectivity index (χ3n) is 2.15. The van der Waals surface area contributed by atoms with Crippen LogP contribution < -0.4 is 15.9 Å². The van der Waals surface area contributed by atoms with E-state index in [0.29, 0.717) is 30.9 Å². The molecule has 0 aromatic carbocycles. The van der Waals surface area contributed by atoms with Gasteiger partial charge in [-0.15, -0.1) is 11.3 Å². The number of amides is 1. The first kappa shape index (κ1) is 12.9. The molecule has 96 valence electrons. The number of nitrogens with one attached hydrogen (secondary N) is 2. The van der Waals surface area contributed by atoms with Crippen LogP contribution in [0, 0.1) is 0 Å². The lowest BCUT2D eigenvalue weighted by atomic mass is 10.4. The minimum Gasteiger partial charge on any atom is -0.345 e. The van der Waals surface area contributed by atoms with E-state index in [0.717, 1.165) is 16.3 Å². The third-order valence-corrected chi connectivity index (χ3v) is 3.78. The largest absolute Gasteiger partial charge is 0.345 e. The number of aromatic nitrogens is 2. The van der Waals surface area contributed by atoms with Gasteiger partial charge in [-0.3, -0.25) is 9.59 Å². The molecule has 0 saturated heterocycles. The van der Waals surface area contributed by atoms with Gasteiger partial charge in [0.05, 0.1) is 11.6 Å². The zero-order chi connectivity index (χ0) is 13.0. The first-order chi connectivity index (χ1) is 8.69. The van der Waals surface area contributed by atoms with Gasteiger partial charge in [-0.1, -0.05) is 11.3 Å². The lowest BCUT2D eigenvalue weighted by Gasteiger charge is -2.00. The fourth-order valence-corrected chi connectivity index (χ4v) is 2.70. The van der Waals surface area contributed by atoms with Crippen molar-refractivity contribution in [3.63, 3.8) is 0 Å². The Bertz CT molecular complexity index is 586. The second-order valence-corrected chi connectivity index (χ2v) is 5.31. The Morgan fingerprint density at radius 1 is 1.44 bits per heavy atom. The Morgan fingerprint density at radius 2 is 2.28 bits per heavy atom. The molecule has 0 radical (unpaired) electrons. The zero-order valence-electron chi connectivity index (χ0n) is 9.43. The van der Waals surface area contributed by atoms with Gasteiger partial charge in [0.1, 0.15) is 5.69 Å². The number of thiazole rings is 2. The second kappa shape index (κ2) is 5.89. The summed E-state index contributed by atoms with van der Waals surface area (Å²) < 4.78 is 0. The average molecular weight is 284 g/mol. The predicted octanol–water partition coefficient (Wildman–Crippen LogP) is 0.324. The summed E-state index contributed by atoms with van der Waals surface area (Å²) >= 11 is 2.49. The predicted molar refractivity (Wildman–Crippen MR) is 71.0 cm³/mol. The molecular formula is C10H12N4O2S2. The van der Waals surface area contributed by atoms with E-state index in [9.17, 15) is 9.59 Å². The van der Waals surface area contributed by atoms with Crippen LogP contribution in [0.4, 0.5) is 0 Å². The molecule has 0 bridgehead atoms. The summed E-state index contributed by atoms with van der Waals surface area (Å²) in [6, 6.07) is 0. The summed E-state index contributed by atoms with van der Waals surface area (Å²) in [6.45, 7) is 0.812. The van der Waals surface area contributed by atoms with E-state index in [1.54, 1.807) is 10.8 Å². The normalized spacial score (nSPS) is 10.5. The van der Waals surface area contributed by atoms with Gasteiger partial charge in [0.15, 0.2) is 0 Å². The maximum Gasteiger partial charge on any atom is 0.304 e. The molecule has 8 heteroatoms. The van der Waals surface area contributed by atoms with E-state index < -0.39 is 0 Å². The second-order valence-electron chi connectivity index (χ2n) is 3.52. The highest BCUT2D eigenvalue weighted by atomic mass is 32.1. The van der Waals surface area contributed by atoms with Crippen molar-refractivity contribution in [1.82, 2.24) is 15.3 Å². The molecule has 0 unspecified atom stereocenters. The fraction of sp³-hybridized carbons (Fsp3) is 0.300. The van der Waals surface area contributed by atoms with Crippen molar-refractivity contribution >= 4 is 28.6 Å². The van der Waals surface area contributed by atoms with Gasteiger partial charge in [-0.05, 0) is 6.54 Å². The lowest BCUT2D eigenvalue weighted by molar-refractivity contribution is 0.0946. The number of nitrogens with zero attached hydrogens (tertiary/aromatic N) is 1. The molecular weight excluding hydrogens is 272 g/mol. The Balaban J connectivity index is 1.92. The molecule has 2 rings (SSSR count). The summed E-state index contributed by atoms with van der Waals surface area (Å²) in [6.07, 6.45) is 0.676. The van der Waals surface area contributed by atoms with Gasteiger partial charge in [-0.2, -0.15) is 0 Å². The molecule has 0 atom stereocenters. The van der Waals surface area contributed by atoms with Crippen LogP contribution in [-0.2, 0) is 13.0 Å². The monoisotopic (exact) mass is 284 g/mol. The average Bonchev–Trinajstić information content (AvgIpc) is 2.96. The molecule has 0 aliphatic rings. The summed E-state index contributed by atoms with van der Waals surface area (Å²) in [5.74, 6) is -0.249. The highest BCUT2D eigenvalue weighted by Gasteiger charge is 2.10. The van der Waals surface area contributed by atoms with Crippen molar-refractivity contribution in [3.8, 4) is 0 Å². The molecule has 0 aliphatic heterocycles. The molecule has 1 amide bonds. The first-order valence-corrected chi connectivity index (χ1v) is 7.04. The van der Waals surface area contributed by atoms with Crippen molar-refractivity contribution in [3.05, 3.63) is 36.8 Å². The van der Waals surface area contributed by atoms with Crippen molar-refractivity contribution in [2.24, 2.45) is 5.73 Å². The number of carbonyl (C=O) groups excluding carboxylic acids is 1. The molecule has 6 nitrogen and oxygen atoms in total. The number of hydrogen-bond donors (Lipinski definition) is 3. The van der Waals surface area contributed by atoms with Crippen LogP contribution in [0.25, 0.3) is 0 Å². The fourth-order valence-electron chi connectivity index (χ4n) is 1.32. The van der Waals surface area contributed by atoms with E-state index in [4.69, 9.17) is 5.73 Å². The van der Waals surface area contributed by atoms with Gasteiger partial charge >= 0.3 is 4.87 Å². The molecule has 0 fully saturated rings. The van der Waals surface area contributed by atoms with E-state index >= 15 is 0 Å². The van der Waals surface area contributed by atoms with Crippen LogP contribution in [0.1, 0.15) is 21.2 Å². The standard InChI is InChI=1S/C10H12N4O2S2/c11-2-1-8-14-7(5-17-8)9(15)12-3-6-4-18-10(16)13-6/h4-5H,1-3,11H2,(H,12,15)(H,13,16). The van der Waals surface area contributed by atoms with Crippen molar-refractivity contribution in [2.75, 3.05) is 6.54 Å². The quantitative estimate of drug-likeness (QED) is 0.736. The summed E-state index contributed by atoms with van der Waals surface area (Å²) in [5, 5.41) is 6.94. The van der Waals surface area contributed by atoms with Gasteiger partial charge in [0, 0.05) is 22.9 Å². The van der Waals surface area contributed by atoms with Gasteiger partial charge < -0.3 is 16.0 Å². The van der Waals surface area contributed by atoms with Gasteiger partial charge in [0.25, 0.3) is 5.91 Å². The molecule has 2 aromatic rings. The molecule has 4 N–H and O–H groups in total. The molecule has 2 heterocycles. The Morgan fingerprint density at radius 3 is 2.94 bits per heavy atom. The van der Waals surface area contributed by atoms with Crippen LogP contribution in [0.5, 0.6) is 0 Å². The first-order valence-electron chi connectivity index (χ1n) is 5.28. The van der Waals surface area contributed by atoms with Crippen molar-refractivity contribution in [1.29, 1.82) is 0 Å². The molecule has 18 heavy (non-hydrogen) atoms. The van der Waals surface area contributed by atoms with E-state index in [2.05, 4.69) is 15.3 Å². The SMILES string of the molecule is NCCc1nc(C(=O)NCc2csc(=O)[nH]2)cs1. The molecule has 0 spiro atoms. The summed E-state index contributed by atoms with van der Waals surface area (Å²) in [4.78, 5) is 29.3. The molecule has 0 saturated carbocycles. The van der Waals surface area contributed by atoms with Crippen LogP contribution >= 0.6 is 22.7 Å². The van der Waals surface area contributed by atoms with Gasteiger partial charge in [0.2, 0.25) is 0 Å². The maximum absolute atomic E-state index is 11.8. The maximum atomic E-state index is 11.8. The highest BCUT2D eigenvalue weighted by Crippen LogP contribution is 2.10. The van der Waals surface area contributed by atoms with Crippen LogP contribution in [0.2, 0.25) is 0 Å². The number of aromatic amines is 1. The molecule has 0 aliphatic carbocycles. The number of rotatable bonds is 5. The van der Waals surface area contributed by atoms with Crippen molar-refractivity contribution in [2.45, 2.75) is 13.0 Å². The van der Waals surface area contributed by atoms with Crippen LogP contribution in [0.15, 0.2) is 15.6 Å². The number of carbonyl (C=O) groups is 1. The van der Waals surface area contributed by atoms with Crippen LogP contribution in [0.3, 0.4) is 0 Å². The zero-order valence-corrected chi connectivity index (χ0v) is 11.1. The van der Waals surface area contributed by atoms with Gasteiger partial charge in [-0.25, -0.2) is 4.98 Å². The molecule has 2 aromatic heterocycles. The smallest absolute Gasteiger partial charge is 0.304 e. The Kier molecular flexibility index (Phi) is 4.24. The van der Waals surface area contributed by atoms with E-state index in [1.807, 2.05) is 0 Å². The Labute approximate surface area is 111 Å². The minimum atomic E-state index is -0.249. The summed E-state index contributed by atoms with van der Waals surface area (Å²) in [7, 11) is 0. The highest BCUT2D eigenvalue weighted by molar-refractivity contribution is 7.09. The Hall–Kier alpha value is -1.51. The number of H-pyrrole nitrogens is 1. The van der Waals surface area contributed by atoms with E-state index in [-0.39, 0.29) is 10.8 Å². The van der Waals surface area contributed by atoms with E-state index in [1.165, 1.54) is 11.3 Å².